The van der Waals surface area contributed by atoms with Crippen LogP contribution in [0.15, 0.2) is 30.5 Å². The molecule has 1 saturated heterocycles. The molecule has 3 N–H and O–H groups in total. The molecule has 8 nitrogen and oxygen atoms in total. The monoisotopic (exact) mass is 505 g/mol. The van der Waals surface area contributed by atoms with Crippen LogP contribution in [-0.4, -0.2) is 81.2 Å². The van der Waals surface area contributed by atoms with Gasteiger partial charge in [-0.1, -0.05) is 33.0 Å². The van der Waals surface area contributed by atoms with Gasteiger partial charge in [0, 0.05) is 50.2 Å². The molecule has 187 valence electrons. The van der Waals surface area contributed by atoms with E-state index in [1.807, 2.05) is 18.2 Å². The first-order chi connectivity index (χ1) is 15.9. The Hall–Kier alpha value is -2.17. The fraction of sp³-hybridized carbons (Fsp3) is 0.542. The van der Waals surface area contributed by atoms with Crippen molar-refractivity contribution in [1.82, 2.24) is 14.8 Å². The van der Waals surface area contributed by atoms with Crippen molar-refractivity contribution in [2.75, 3.05) is 38.5 Å². The number of H-pyrrole nitrogens is 1. The Morgan fingerprint density at radius 3 is 2.44 bits per heavy atom. The molecule has 34 heavy (non-hydrogen) atoms. The van der Waals surface area contributed by atoms with Crippen LogP contribution in [0.3, 0.4) is 0 Å². The van der Waals surface area contributed by atoms with Crippen molar-refractivity contribution < 1.29 is 18.0 Å². The van der Waals surface area contributed by atoms with Crippen molar-refractivity contribution in [3.63, 3.8) is 0 Å². The van der Waals surface area contributed by atoms with Gasteiger partial charge in [0.2, 0.25) is 5.91 Å². The van der Waals surface area contributed by atoms with Crippen molar-refractivity contribution in [3.05, 3.63) is 42.4 Å². The summed E-state index contributed by atoms with van der Waals surface area (Å²) in [5.74, 6) is 0.106. The lowest BCUT2D eigenvalue weighted by Crippen LogP contribution is -2.50. The molecule has 1 aliphatic rings. The van der Waals surface area contributed by atoms with Gasteiger partial charge in [0.15, 0.2) is 23.4 Å². The second-order valence-corrected chi connectivity index (χ2v) is 17.3. The van der Waals surface area contributed by atoms with E-state index in [2.05, 4.69) is 23.7 Å². The SMILES string of the molecule is CC(C)CN1CCN(C(=O)[CH]C(c2ccc3[nH]ccc3c2)S(=O)(=O)CC[Si](C)(C)C(N)=O)CC1. The number of piperazine rings is 1. The molecular weight excluding hydrogens is 468 g/mol. The van der Waals surface area contributed by atoms with Gasteiger partial charge in [0.1, 0.15) is 0 Å². The molecule has 0 bridgehead atoms. The number of amides is 2. The maximum Gasteiger partial charge on any atom is 0.228 e. The predicted molar refractivity (Wildman–Crippen MR) is 139 cm³/mol. The number of aromatic nitrogens is 1. The summed E-state index contributed by atoms with van der Waals surface area (Å²) in [6.07, 6.45) is 3.14. The third kappa shape index (κ3) is 6.48. The summed E-state index contributed by atoms with van der Waals surface area (Å²) >= 11 is 0. The predicted octanol–water partition coefficient (Wildman–Crippen LogP) is 3.00. The number of nitrogens with two attached hydrogens (primary N) is 1. The van der Waals surface area contributed by atoms with E-state index in [0.29, 0.717) is 24.6 Å². The summed E-state index contributed by atoms with van der Waals surface area (Å²) in [4.78, 5) is 32.2. The summed E-state index contributed by atoms with van der Waals surface area (Å²) < 4.78 is 27.0. The summed E-state index contributed by atoms with van der Waals surface area (Å²) in [5.41, 5.74) is 6.55. The van der Waals surface area contributed by atoms with Crippen LogP contribution in [0.25, 0.3) is 10.9 Å². The molecule has 0 aliphatic carbocycles. The molecule has 2 aromatic rings. The molecule has 1 aromatic carbocycles. The van der Waals surface area contributed by atoms with Gasteiger partial charge < -0.3 is 15.6 Å². The summed E-state index contributed by atoms with van der Waals surface area (Å²) in [5, 5.41) is -0.196. The van der Waals surface area contributed by atoms with Crippen molar-refractivity contribution in [3.8, 4) is 0 Å². The van der Waals surface area contributed by atoms with Crippen LogP contribution in [-0.2, 0) is 14.6 Å². The normalized spacial score (nSPS) is 16.8. The summed E-state index contributed by atoms with van der Waals surface area (Å²) in [6, 6.07) is 7.50. The van der Waals surface area contributed by atoms with E-state index in [9.17, 15) is 18.0 Å². The highest BCUT2D eigenvalue weighted by atomic mass is 32.2. The first kappa shape index (κ1) is 26.4. The second kappa shape index (κ2) is 10.6. The van der Waals surface area contributed by atoms with Crippen molar-refractivity contribution >= 4 is 40.3 Å². The van der Waals surface area contributed by atoms with Crippen LogP contribution in [0.5, 0.6) is 0 Å². The van der Waals surface area contributed by atoms with Crippen LogP contribution in [0.4, 0.5) is 4.79 Å². The number of carbonyl (C=O) groups excluding carboxylic acids is 2. The van der Waals surface area contributed by atoms with Crippen LogP contribution >= 0.6 is 0 Å². The van der Waals surface area contributed by atoms with Crippen molar-refractivity contribution in [2.24, 2.45) is 11.7 Å². The lowest BCUT2D eigenvalue weighted by molar-refractivity contribution is -0.129. The number of hydrogen-bond acceptors (Lipinski definition) is 5. The Bertz CT molecular complexity index is 1120. The zero-order valence-corrected chi connectivity index (χ0v) is 22.4. The maximum absolute atomic E-state index is 13.5. The zero-order valence-electron chi connectivity index (χ0n) is 20.6. The standard InChI is InChI=1S/C24H37N4O4SSi/c1-18(2)17-27-9-11-28(12-10-27)23(29)16-22(20-5-6-21-19(15-20)7-8-26-21)33(31,32)13-14-34(3,4)24(25)30/h5-8,15-16,18,22,26H,9-14,17H2,1-4H3,(H2,25,30). The number of primary amides is 1. The minimum atomic E-state index is -3.75. The van der Waals surface area contributed by atoms with E-state index in [-0.39, 0.29) is 17.7 Å². The smallest absolute Gasteiger partial charge is 0.228 e. The Morgan fingerprint density at radius 2 is 1.82 bits per heavy atom. The Kier molecular flexibility index (Phi) is 8.25. The molecule has 0 saturated carbocycles. The van der Waals surface area contributed by atoms with Gasteiger partial charge in [0.25, 0.3) is 0 Å². The van der Waals surface area contributed by atoms with E-state index in [1.165, 1.54) is 6.42 Å². The average Bonchev–Trinajstić information content (AvgIpc) is 3.24. The molecule has 1 aliphatic heterocycles. The van der Waals surface area contributed by atoms with Crippen molar-refractivity contribution in [2.45, 2.75) is 38.2 Å². The molecular formula is C24H37N4O4SSi. The van der Waals surface area contributed by atoms with Gasteiger partial charge in [-0.15, -0.1) is 0 Å². The molecule has 1 aromatic heterocycles. The zero-order chi connectivity index (χ0) is 25.1. The number of carbonyl (C=O) groups is 2. The number of hydrogen-bond donors (Lipinski definition) is 2. The van der Waals surface area contributed by atoms with Gasteiger partial charge in [-0.05, 0) is 41.1 Å². The van der Waals surface area contributed by atoms with Crippen LogP contribution in [0.2, 0.25) is 19.1 Å². The van der Waals surface area contributed by atoms with E-state index < -0.39 is 28.7 Å². The van der Waals surface area contributed by atoms with Gasteiger partial charge in [0.05, 0.1) is 11.7 Å². The summed E-state index contributed by atoms with van der Waals surface area (Å²) in [6.45, 7) is 11.6. The molecule has 1 radical (unpaired) electrons. The molecule has 2 heterocycles. The van der Waals surface area contributed by atoms with E-state index >= 15 is 0 Å². The highest BCUT2D eigenvalue weighted by Gasteiger charge is 2.36. The first-order valence-corrected chi connectivity index (χ1v) is 16.8. The fourth-order valence-corrected chi connectivity index (χ4v) is 8.77. The quantitative estimate of drug-likeness (QED) is 0.482. The summed E-state index contributed by atoms with van der Waals surface area (Å²) in [7, 11) is -6.27. The highest BCUT2D eigenvalue weighted by Crippen LogP contribution is 2.31. The van der Waals surface area contributed by atoms with Crippen LogP contribution in [0, 0.1) is 12.3 Å². The van der Waals surface area contributed by atoms with Crippen LogP contribution in [0.1, 0.15) is 24.7 Å². The molecule has 2 amide bonds. The molecule has 3 rings (SSSR count). The third-order valence-electron chi connectivity index (χ3n) is 6.57. The van der Waals surface area contributed by atoms with Crippen LogP contribution < -0.4 is 5.73 Å². The molecule has 10 heteroatoms. The van der Waals surface area contributed by atoms with Gasteiger partial charge >= 0.3 is 0 Å². The van der Waals surface area contributed by atoms with E-state index in [0.717, 1.165) is 30.5 Å². The Labute approximate surface area is 203 Å². The number of aromatic amines is 1. The molecule has 1 fully saturated rings. The Balaban J connectivity index is 1.80. The second-order valence-electron chi connectivity index (χ2n) is 10.3. The first-order valence-electron chi connectivity index (χ1n) is 11.8. The number of rotatable bonds is 10. The fourth-order valence-electron chi connectivity index (χ4n) is 4.21. The van der Waals surface area contributed by atoms with E-state index in [1.54, 1.807) is 30.3 Å². The number of nitrogens with one attached hydrogen (secondary N) is 1. The van der Waals surface area contributed by atoms with Crippen molar-refractivity contribution in [1.29, 1.82) is 0 Å². The number of benzene rings is 1. The number of fused-ring (bicyclic) bond motifs is 1. The lowest BCUT2D eigenvalue weighted by Gasteiger charge is -2.36. The highest BCUT2D eigenvalue weighted by molar-refractivity contribution is 7.91. The van der Waals surface area contributed by atoms with Gasteiger partial charge in [-0.25, -0.2) is 8.42 Å². The Morgan fingerprint density at radius 1 is 1.15 bits per heavy atom. The number of sulfone groups is 1. The minimum absolute atomic E-state index is 0.184. The largest absolute Gasteiger partial charge is 0.374 e. The topological polar surface area (TPSA) is 117 Å². The molecule has 1 atom stereocenters. The minimum Gasteiger partial charge on any atom is -0.374 e. The maximum atomic E-state index is 13.5. The number of nitrogens with zero attached hydrogens (tertiary/aromatic N) is 2. The molecule has 1 unspecified atom stereocenters. The van der Waals surface area contributed by atoms with E-state index in [4.69, 9.17) is 5.73 Å². The molecule has 0 spiro atoms. The average molecular weight is 506 g/mol. The van der Waals surface area contributed by atoms with Gasteiger partial charge in [-0.2, -0.15) is 0 Å². The van der Waals surface area contributed by atoms with Gasteiger partial charge in [-0.3, -0.25) is 14.5 Å². The lowest BCUT2D eigenvalue weighted by atomic mass is 10.1. The third-order valence-corrected chi connectivity index (χ3v) is 11.7.